The van der Waals surface area contributed by atoms with Crippen LogP contribution in [0.15, 0.2) is 18.2 Å². The number of rotatable bonds is 7. The van der Waals surface area contributed by atoms with Crippen LogP contribution >= 0.6 is 0 Å². The molecule has 2 nitrogen and oxygen atoms in total. The number of nitrogens with one attached hydrogen (secondary N) is 1. The van der Waals surface area contributed by atoms with Crippen LogP contribution in [0.1, 0.15) is 30.0 Å². The molecule has 0 saturated heterocycles. The molecule has 1 rings (SSSR count). The number of likely N-dealkylation sites (N-methyl/N-ethyl adjacent to an activating group) is 1. The molecule has 1 atom stereocenters. The highest BCUT2D eigenvalue weighted by atomic mass is 16.5. The first-order valence-corrected chi connectivity index (χ1v) is 6.49. The van der Waals surface area contributed by atoms with Gasteiger partial charge in [-0.15, -0.1) is 0 Å². The predicted octanol–water partition coefficient (Wildman–Crippen LogP) is 2.86. The summed E-state index contributed by atoms with van der Waals surface area (Å²) in [5.41, 5.74) is 4.20. The summed E-state index contributed by atoms with van der Waals surface area (Å²) in [7, 11) is 2.01. The van der Waals surface area contributed by atoms with E-state index in [1.54, 1.807) is 0 Å². The van der Waals surface area contributed by atoms with E-state index in [4.69, 9.17) is 4.74 Å². The Morgan fingerprint density at radius 2 is 1.88 bits per heavy atom. The Morgan fingerprint density at radius 3 is 2.41 bits per heavy atom. The summed E-state index contributed by atoms with van der Waals surface area (Å²) in [5.74, 6) is 0. The molecular weight excluding hydrogens is 210 g/mol. The summed E-state index contributed by atoms with van der Waals surface area (Å²) >= 11 is 0. The van der Waals surface area contributed by atoms with Crippen LogP contribution in [0.3, 0.4) is 0 Å². The molecule has 0 radical (unpaired) electrons. The maximum absolute atomic E-state index is 5.63. The van der Waals surface area contributed by atoms with Crippen molar-refractivity contribution in [2.45, 2.75) is 39.7 Å². The predicted molar refractivity (Wildman–Crippen MR) is 73.6 cm³/mol. The van der Waals surface area contributed by atoms with Crippen LogP contribution in [0.25, 0.3) is 0 Å². The molecule has 1 aromatic rings. The Bertz CT molecular complexity index is 315. The third-order valence-corrected chi connectivity index (χ3v) is 3.17. The van der Waals surface area contributed by atoms with Gasteiger partial charge in [-0.1, -0.05) is 25.1 Å². The maximum atomic E-state index is 5.63. The maximum Gasteiger partial charge on any atom is 0.0622 e. The zero-order chi connectivity index (χ0) is 12.7. The van der Waals surface area contributed by atoms with Gasteiger partial charge in [0.25, 0.3) is 0 Å². The first-order valence-electron chi connectivity index (χ1n) is 6.49. The standard InChI is InChI=1S/C15H25NO/c1-5-9-17-11-14(16-4)10-15-12(2)7-6-8-13(15)3/h6-8,14,16H,5,9-11H2,1-4H3. The fraction of sp³-hybridized carbons (Fsp3) is 0.600. The first-order chi connectivity index (χ1) is 8.19. The van der Waals surface area contributed by atoms with E-state index >= 15 is 0 Å². The van der Waals surface area contributed by atoms with Gasteiger partial charge in [-0.3, -0.25) is 0 Å². The van der Waals surface area contributed by atoms with E-state index in [1.807, 2.05) is 7.05 Å². The lowest BCUT2D eigenvalue weighted by atomic mass is 9.97. The molecule has 96 valence electrons. The van der Waals surface area contributed by atoms with E-state index in [2.05, 4.69) is 44.3 Å². The molecule has 17 heavy (non-hydrogen) atoms. The van der Waals surface area contributed by atoms with Crippen molar-refractivity contribution in [2.24, 2.45) is 0 Å². The van der Waals surface area contributed by atoms with E-state index in [-0.39, 0.29) is 0 Å². The van der Waals surface area contributed by atoms with Gasteiger partial charge in [0.1, 0.15) is 0 Å². The monoisotopic (exact) mass is 235 g/mol. The Hall–Kier alpha value is -0.860. The van der Waals surface area contributed by atoms with Crippen molar-refractivity contribution in [2.75, 3.05) is 20.3 Å². The van der Waals surface area contributed by atoms with Gasteiger partial charge in [0.15, 0.2) is 0 Å². The Balaban J connectivity index is 2.60. The van der Waals surface area contributed by atoms with Crippen LogP contribution in [-0.4, -0.2) is 26.3 Å². The van der Waals surface area contributed by atoms with Gasteiger partial charge in [0.05, 0.1) is 6.61 Å². The SMILES string of the molecule is CCCOCC(Cc1c(C)cccc1C)NC. The number of ether oxygens (including phenoxy) is 1. The molecule has 1 aromatic carbocycles. The van der Waals surface area contributed by atoms with E-state index in [9.17, 15) is 0 Å². The molecule has 2 heteroatoms. The molecule has 0 fully saturated rings. The van der Waals surface area contributed by atoms with E-state index in [0.29, 0.717) is 6.04 Å². The largest absolute Gasteiger partial charge is 0.380 e. The number of aryl methyl sites for hydroxylation is 2. The second-order valence-electron chi connectivity index (χ2n) is 4.63. The lowest BCUT2D eigenvalue weighted by Gasteiger charge is -2.19. The molecule has 0 bridgehead atoms. The number of hydrogen-bond donors (Lipinski definition) is 1. The van der Waals surface area contributed by atoms with Crippen LogP contribution < -0.4 is 5.32 Å². The quantitative estimate of drug-likeness (QED) is 0.734. The minimum absolute atomic E-state index is 0.404. The summed E-state index contributed by atoms with van der Waals surface area (Å²) in [5, 5.41) is 3.34. The second-order valence-corrected chi connectivity index (χ2v) is 4.63. The van der Waals surface area contributed by atoms with Gasteiger partial charge in [0, 0.05) is 12.6 Å². The number of benzene rings is 1. The van der Waals surface area contributed by atoms with Crippen LogP contribution in [0.2, 0.25) is 0 Å². The smallest absolute Gasteiger partial charge is 0.0622 e. The molecule has 0 aliphatic heterocycles. The van der Waals surface area contributed by atoms with Crippen molar-refractivity contribution in [3.63, 3.8) is 0 Å². The van der Waals surface area contributed by atoms with Crippen molar-refractivity contribution < 1.29 is 4.74 Å². The highest BCUT2D eigenvalue weighted by molar-refractivity contribution is 5.34. The van der Waals surface area contributed by atoms with Gasteiger partial charge in [0.2, 0.25) is 0 Å². The molecule has 0 heterocycles. The number of hydrogen-bond acceptors (Lipinski definition) is 2. The Morgan fingerprint density at radius 1 is 1.24 bits per heavy atom. The van der Waals surface area contributed by atoms with Crippen molar-refractivity contribution in [1.82, 2.24) is 5.32 Å². The molecular formula is C15H25NO. The van der Waals surface area contributed by atoms with Gasteiger partial charge in [-0.05, 0) is 50.4 Å². The van der Waals surface area contributed by atoms with Crippen molar-refractivity contribution >= 4 is 0 Å². The summed E-state index contributed by atoms with van der Waals surface area (Å²) in [6, 6.07) is 6.89. The minimum atomic E-state index is 0.404. The van der Waals surface area contributed by atoms with E-state index in [0.717, 1.165) is 26.1 Å². The van der Waals surface area contributed by atoms with Crippen LogP contribution in [0, 0.1) is 13.8 Å². The van der Waals surface area contributed by atoms with Crippen LogP contribution in [0.4, 0.5) is 0 Å². The van der Waals surface area contributed by atoms with Crippen molar-refractivity contribution in [3.05, 3.63) is 34.9 Å². The molecule has 0 aliphatic carbocycles. The lowest BCUT2D eigenvalue weighted by molar-refractivity contribution is 0.114. The topological polar surface area (TPSA) is 21.3 Å². The summed E-state index contributed by atoms with van der Waals surface area (Å²) in [6.07, 6.45) is 2.12. The van der Waals surface area contributed by atoms with Gasteiger partial charge in [-0.25, -0.2) is 0 Å². The molecule has 0 spiro atoms. The fourth-order valence-corrected chi connectivity index (χ4v) is 2.03. The third-order valence-electron chi connectivity index (χ3n) is 3.17. The van der Waals surface area contributed by atoms with Gasteiger partial charge < -0.3 is 10.1 Å². The van der Waals surface area contributed by atoms with Crippen LogP contribution in [-0.2, 0) is 11.2 Å². The molecule has 0 aromatic heterocycles. The minimum Gasteiger partial charge on any atom is -0.380 e. The Kier molecular flexibility index (Phi) is 6.23. The summed E-state index contributed by atoms with van der Waals surface area (Å²) in [6.45, 7) is 8.15. The third kappa shape index (κ3) is 4.49. The average molecular weight is 235 g/mol. The fourth-order valence-electron chi connectivity index (χ4n) is 2.03. The van der Waals surface area contributed by atoms with Gasteiger partial charge >= 0.3 is 0 Å². The summed E-state index contributed by atoms with van der Waals surface area (Å²) < 4.78 is 5.63. The lowest BCUT2D eigenvalue weighted by Crippen LogP contribution is -2.33. The van der Waals surface area contributed by atoms with Gasteiger partial charge in [-0.2, -0.15) is 0 Å². The zero-order valence-corrected chi connectivity index (χ0v) is 11.5. The summed E-state index contributed by atoms with van der Waals surface area (Å²) in [4.78, 5) is 0. The molecule has 1 N–H and O–H groups in total. The molecule has 0 saturated carbocycles. The van der Waals surface area contributed by atoms with Crippen molar-refractivity contribution in [1.29, 1.82) is 0 Å². The zero-order valence-electron chi connectivity index (χ0n) is 11.5. The normalized spacial score (nSPS) is 12.7. The average Bonchev–Trinajstić information content (AvgIpc) is 2.32. The molecule has 0 amide bonds. The highest BCUT2D eigenvalue weighted by Crippen LogP contribution is 2.15. The first kappa shape index (κ1) is 14.2. The molecule has 1 unspecified atom stereocenters. The van der Waals surface area contributed by atoms with E-state index < -0.39 is 0 Å². The Labute approximate surface area is 105 Å². The highest BCUT2D eigenvalue weighted by Gasteiger charge is 2.10. The van der Waals surface area contributed by atoms with Crippen LogP contribution in [0.5, 0.6) is 0 Å². The van der Waals surface area contributed by atoms with Crippen molar-refractivity contribution in [3.8, 4) is 0 Å². The second kappa shape index (κ2) is 7.46. The molecule has 0 aliphatic rings. The van der Waals surface area contributed by atoms with E-state index in [1.165, 1.54) is 16.7 Å².